The van der Waals surface area contributed by atoms with Gasteiger partial charge in [0.05, 0.1) is 6.20 Å². The quantitative estimate of drug-likeness (QED) is 0.709. The monoisotopic (exact) mass is 224 g/mol. The molecule has 6 nitrogen and oxygen atoms in total. The summed E-state index contributed by atoms with van der Waals surface area (Å²) in [6.07, 6.45) is 3.85. The van der Waals surface area contributed by atoms with Gasteiger partial charge in [0.25, 0.3) is 0 Å². The van der Waals surface area contributed by atoms with Crippen molar-refractivity contribution in [2.45, 2.75) is 39.3 Å². The van der Waals surface area contributed by atoms with E-state index in [1.165, 1.54) is 10.9 Å². The molecule has 0 aliphatic rings. The lowest BCUT2D eigenvalue weighted by Gasteiger charge is -2.14. The molecule has 6 heteroatoms. The highest BCUT2D eigenvalue weighted by atomic mass is 16.2. The van der Waals surface area contributed by atoms with Gasteiger partial charge in [-0.15, -0.1) is 5.10 Å². The first kappa shape index (κ1) is 12.4. The molecular formula is C10H16N4O2. The Labute approximate surface area is 94.0 Å². The number of carbonyl (C=O) groups excluding carboxylic acids is 2. The first-order chi connectivity index (χ1) is 7.69. The van der Waals surface area contributed by atoms with Crippen molar-refractivity contribution in [3.8, 4) is 0 Å². The minimum absolute atomic E-state index is 0.0946. The summed E-state index contributed by atoms with van der Waals surface area (Å²) in [6, 6.07) is 0.196. The number of aldehydes is 1. The first-order valence-electron chi connectivity index (χ1n) is 5.34. The second kappa shape index (κ2) is 5.99. The van der Waals surface area contributed by atoms with E-state index < -0.39 is 0 Å². The third-order valence-corrected chi connectivity index (χ3v) is 2.33. The van der Waals surface area contributed by atoms with Crippen LogP contribution < -0.4 is 5.32 Å². The number of aromatic nitrogens is 3. The van der Waals surface area contributed by atoms with Gasteiger partial charge in [-0.2, -0.15) is 0 Å². The van der Waals surface area contributed by atoms with Gasteiger partial charge in [-0.05, 0) is 12.8 Å². The van der Waals surface area contributed by atoms with Crippen LogP contribution >= 0.6 is 0 Å². The Bertz CT molecular complexity index is 357. The predicted molar refractivity (Wildman–Crippen MR) is 57.9 cm³/mol. The van der Waals surface area contributed by atoms with E-state index in [1.807, 2.05) is 13.8 Å². The third-order valence-electron chi connectivity index (χ3n) is 2.33. The van der Waals surface area contributed by atoms with Crippen LogP contribution in [0.15, 0.2) is 6.20 Å². The summed E-state index contributed by atoms with van der Waals surface area (Å²) < 4.78 is 1.35. The molecule has 0 saturated carbocycles. The molecule has 1 amide bonds. The molecule has 0 bridgehead atoms. The van der Waals surface area contributed by atoms with E-state index in [9.17, 15) is 9.59 Å². The summed E-state index contributed by atoms with van der Waals surface area (Å²) in [5.41, 5.74) is 0.232. The normalized spacial score (nSPS) is 10.4. The zero-order chi connectivity index (χ0) is 12.0. The SMILES string of the molecule is CCC(CC)NC(=O)Cn1cc(C=O)nn1. The van der Waals surface area contributed by atoms with E-state index in [4.69, 9.17) is 0 Å². The minimum Gasteiger partial charge on any atom is -0.352 e. The number of hydrogen-bond acceptors (Lipinski definition) is 4. The molecule has 88 valence electrons. The molecule has 0 aromatic carbocycles. The molecule has 1 aromatic heterocycles. The van der Waals surface area contributed by atoms with Gasteiger partial charge in [0, 0.05) is 6.04 Å². The van der Waals surface area contributed by atoms with Crippen LogP contribution in [0.3, 0.4) is 0 Å². The van der Waals surface area contributed by atoms with Gasteiger partial charge in [0.1, 0.15) is 12.2 Å². The van der Waals surface area contributed by atoms with E-state index >= 15 is 0 Å². The largest absolute Gasteiger partial charge is 0.352 e. The van der Waals surface area contributed by atoms with Crippen LogP contribution in [0.1, 0.15) is 37.2 Å². The highest BCUT2D eigenvalue weighted by Gasteiger charge is 2.09. The van der Waals surface area contributed by atoms with Crippen molar-refractivity contribution in [2.75, 3.05) is 0 Å². The number of hydrogen-bond donors (Lipinski definition) is 1. The van der Waals surface area contributed by atoms with Crippen molar-refractivity contribution in [1.29, 1.82) is 0 Å². The van der Waals surface area contributed by atoms with E-state index in [1.54, 1.807) is 0 Å². The van der Waals surface area contributed by atoms with Crippen molar-refractivity contribution < 1.29 is 9.59 Å². The van der Waals surface area contributed by atoms with Crippen molar-refractivity contribution in [2.24, 2.45) is 0 Å². The number of rotatable bonds is 6. The van der Waals surface area contributed by atoms with Crippen LogP contribution in [0.5, 0.6) is 0 Å². The third kappa shape index (κ3) is 3.45. The zero-order valence-electron chi connectivity index (χ0n) is 9.51. The van der Waals surface area contributed by atoms with Crippen molar-refractivity contribution in [3.05, 3.63) is 11.9 Å². The molecular weight excluding hydrogens is 208 g/mol. The predicted octanol–water partition coefficient (Wildman–Crippen LogP) is 0.395. The molecule has 1 N–H and O–H groups in total. The van der Waals surface area contributed by atoms with E-state index in [0.717, 1.165) is 12.8 Å². The Kier molecular flexibility index (Phi) is 4.63. The molecule has 0 fully saturated rings. The maximum atomic E-state index is 11.6. The molecule has 0 spiro atoms. The van der Waals surface area contributed by atoms with E-state index in [-0.39, 0.29) is 24.2 Å². The zero-order valence-corrected chi connectivity index (χ0v) is 9.51. The molecule has 0 radical (unpaired) electrons. The van der Waals surface area contributed by atoms with Gasteiger partial charge < -0.3 is 5.32 Å². The highest BCUT2D eigenvalue weighted by molar-refractivity contribution is 5.76. The summed E-state index contributed by atoms with van der Waals surface area (Å²) >= 11 is 0. The topological polar surface area (TPSA) is 76.9 Å². The van der Waals surface area contributed by atoms with Crippen LogP contribution in [0.2, 0.25) is 0 Å². The second-order valence-corrected chi connectivity index (χ2v) is 3.54. The Hall–Kier alpha value is -1.72. The van der Waals surface area contributed by atoms with Gasteiger partial charge in [0.15, 0.2) is 6.29 Å². The Morgan fingerprint density at radius 1 is 1.56 bits per heavy atom. The second-order valence-electron chi connectivity index (χ2n) is 3.54. The average Bonchev–Trinajstić information content (AvgIpc) is 2.73. The summed E-state index contributed by atoms with van der Waals surface area (Å²) in [5, 5.41) is 10.1. The fourth-order valence-corrected chi connectivity index (χ4v) is 1.36. The molecule has 1 aromatic rings. The molecule has 1 rings (SSSR count). The summed E-state index contributed by atoms with van der Waals surface area (Å²) in [5.74, 6) is -0.115. The first-order valence-corrected chi connectivity index (χ1v) is 5.34. The standard InChI is InChI=1S/C10H16N4O2/c1-3-8(4-2)11-10(16)6-14-5-9(7-15)12-13-14/h5,7-8H,3-4,6H2,1-2H3,(H,11,16). The van der Waals surface area contributed by atoms with Gasteiger partial charge in [-0.25, -0.2) is 4.68 Å². The fourth-order valence-electron chi connectivity index (χ4n) is 1.36. The van der Waals surface area contributed by atoms with Crippen LogP contribution in [-0.4, -0.2) is 33.2 Å². The Balaban J connectivity index is 2.47. The number of amides is 1. The number of nitrogens with one attached hydrogen (secondary N) is 1. The van der Waals surface area contributed by atoms with Crippen LogP contribution in [-0.2, 0) is 11.3 Å². The lowest BCUT2D eigenvalue weighted by Crippen LogP contribution is -2.36. The smallest absolute Gasteiger partial charge is 0.242 e. The fraction of sp³-hybridized carbons (Fsp3) is 0.600. The number of nitrogens with zero attached hydrogens (tertiary/aromatic N) is 3. The summed E-state index contributed by atoms with van der Waals surface area (Å²) in [4.78, 5) is 21.9. The van der Waals surface area contributed by atoms with Gasteiger partial charge >= 0.3 is 0 Å². The molecule has 1 heterocycles. The van der Waals surface area contributed by atoms with Gasteiger partial charge in [-0.3, -0.25) is 9.59 Å². The molecule has 0 aliphatic heterocycles. The van der Waals surface area contributed by atoms with Crippen molar-refractivity contribution >= 4 is 12.2 Å². The molecule has 0 saturated heterocycles. The molecule has 16 heavy (non-hydrogen) atoms. The minimum atomic E-state index is -0.115. The maximum absolute atomic E-state index is 11.6. The maximum Gasteiger partial charge on any atom is 0.242 e. The van der Waals surface area contributed by atoms with Crippen molar-refractivity contribution in [1.82, 2.24) is 20.3 Å². The average molecular weight is 224 g/mol. The van der Waals surface area contributed by atoms with Crippen LogP contribution in [0.25, 0.3) is 0 Å². The van der Waals surface area contributed by atoms with E-state index in [2.05, 4.69) is 15.6 Å². The number of carbonyl (C=O) groups is 2. The Morgan fingerprint density at radius 3 is 2.75 bits per heavy atom. The van der Waals surface area contributed by atoms with Crippen molar-refractivity contribution in [3.63, 3.8) is 0 Å². The van der Waals surface area contributed by atoms with Gasteiger partial charge in [0.2, 0.25) is 5.91 Å². The van der Waals surface area contributed by atoms with E-state index in [0.29, 0.717) is 6.29 Å². The summed E-state index contributed by atoms with van der Waals surface area (Å²) in [7, 11) is 0. The van der Waals surface area contributed by atoms with Crippen LogP contribution in [0, 0.1) is 0 Å². The molecule has 0 aliphatic carbocycles. The lowest BCUT2D eigenvalue weighted by atomic mass is 10.2. The van der Waals surface area contributed by atoms with Crippen LogP contribution in [0.4, 0.5) is 0 Å². The Morgan fingerprint density at radius 2 is 2.25 bits per heavy atom. The lowest BCUT2D eigenvalue weighted by molar-refractivity contribution is -0.122. The highest BCUT2D eigenvalue weighted by Crippen LogP contribution is 1.96. The van der Waals surface area contributed by atoms with Gasteiger partial charge in [-0.1, -0.05) is 19.1 Å². The molecule has 0 atom stereocenters. The summed E-state index contributed by atoms with van der Waals surface area (Å²) in [6.45, 7) is 4.14. The molecule has 0 unspecified atom stereocenters.